The number of hydrogen-bond acceptors (Lipinski definition) is 6. The van der Waals surface area contributed by atoms with Crippen LogP contribution in [0, 0.1) is 23.7 Å². The van der Waals surface area contributed by atoms with Crippen molar-refractivity contribution < 1.29 is 9.21 Å². The number of carbonyl (C=O) groups is 1. The van der Waals surface area contributed by atoms with E-state index >= 15 is 0 Å². The molecule has 0 radical (unpaired) electrons. The van der Waals surface area contributed by atoms with Crippen molar-refractivity contribution in [3.8, 4) is 6.07 Å². The molecule has 1 aromatic heterocycles. The molecule has 2 heterocycles. The number of aryl methyl sites for hydroxylation is 1. The predicted octanol–water partition coefficient (Wildman–Crippen LogP) is 6.95. The van der Waals surface area contributed by atoms with Crippen molar-refractivity contribution in [3.63, 3.8) is 0 Å². The summed E-state index contributed by atoms with van der Waals surface area (Å²) in [7, 11) is 0. The number of allylic oxidation sites excluding steroid dienone is 3. The third-order valence-corrected chi connectivity index (χ3v) is 7.37. The summed E-state index contributed by atoms with van der Waals surface area (Å²) >= 11 is 14.2. The average Bonchev–Trinajstić information content (AvgIpc) is 3.07. The van der Waals surface area contributed by atoms with Crippen LogP contribution in [0.25, 0.3) is 0 Å². The Balaban J connectivity index is 2.03. The molecular weight excluding hydrogens is 477 g/mol. The van der Waals surface area contributed by atoms with Gasteiger partial charge in [0.05, 0.1) is 28.3 Å². The quantitative estimate of drug-likeness (QED) is 0.456. The lowest BCUT2D eigenvalue weighted by atomic mass is 9.69. The molecule has 2 N–H and O–H groups in total. The number of nitriles is 1. The lowest BCUT2D eigenvalue weighted by molar-refractivity contribution is -0.118. The second-order valence-corrected chi connectivity index (χ2v) is 11.2. The average molecular weight is 502 g/mol. The number of ketones is 1. The van der Waals surface area contributed by atoms with Crippen molar-refractivity contribution in [1.29, 1.82) is 5.26 Å². The van der Waals surface area contributed by atoms with Crippen molar-refractivity contribution in [2.24, 2.45) is 11.1 Å². The SMILES string of the molecule is CCSc1oc(C)cc1C1C(C#N)=C(N)N(c2ccc(Cl)cc2Cl)C2=C1C(=O)CC(C)(C)C2. The van der Waals surface area contributed by atoms with Crippen LogP contribution in [-0.2, 0) is 4.79 Å². The first kappa shape index (κ1) is 23.8. The summed E-state index contributed by atoms with van der Waals surface area (Å²) in [6.07, 6.45) is 0.992. The molecule has 2 aromatic rings. The van der Waals surface area contributed by atoms with Crippen LogP contribution in [0.4, 0.5) is 5.69 Å². The molecule has 5 nitrogen and oxygen atoms in total. The smallest absolute Gasteiger partial charge is 0.164 e. The fourth-order valence-corrected chi connectivity index (χ4v) is 6.00. The Bertz CT molecular complexity index is 1250. The topological polar surface area (TPSA) is 83.3 Å². The second kappa shape index (κ2) is 8.79. The first-order chi connectivity index (χ1) is 15.6. The number of Topliss-reactive ketones (excluding diaryl/α,β-unsaturated/α-hetero) is 1. The Hall–Kier alpha value is -2.33. The summed E-state index contributed by atoms with van der Waals surface area (Å²) in [5.41, 5.74) is 9.48. The van der Waals surface area contributed by atoms with Crippen LogP contribution in [0.5, 0.6) is 0 Å². The highest BCUT2D eigenvalue weighted by Crippen LogP contribution is 2.52. The molecule has 1 aliphatic carbocycles. The minimum absolute atomic E-state index is 0.00730. The molecule has 33 heavy (non-hydrogen) atoms. The number of carbonyl (C=O) groups excluding carboxylic acids is 1. The number of nitrogens with zero attached hydrogens (tertiary/aromatic N) is 2. The second-order valence-electron chi connectivity index (χ2n) is 9.11. The summed E-state index contributed by atoms with van der Waals surface area (Å²) in [4.78, 5) is 15.4. The fourth-order valence-electron chi connectivity index (χ4n) is 4.72. The molecule has 0 fully saturated rings. The molecular formula is C25H25Cl2N3O2S. The highest BCUT2D eigenvalue weighted by atomic mass is 35.5. The van der Waals surface area contributed by atoms with E-state index in [2.05, 4.69) is 19.9 Å². The van der Waals surface area contributed by atoms with Crippen molar-refractivity contribution in [1.82, 2.24) is 0 Å². The van der Waals surface area contributed by atoms with Crippen LogP contribution < -0.4 is 10.6 Å². The van der Waals surface area contributed by atoms with Gasteiger partial charge < -0.3 is 10.2 Å². The van der Waals surface area contributed by atoms with Gasteiger partial charge in [-0.2, -0.15) is 5.26 Å². The summed E-state index contributed by atoms with van der Waals surface area (Å²) in [6.45, 7) is 8.02. The summed E-state index contributed by atoms with van der Waals surface area (Å²) in [5, 5.41) is 11.8. The number of hydrogen-bond donors (Lipinski definition) is 1. The molecule has 1 unspecified atom stereocenters. The van der Waals surface area contributed by atoms with E-state index in [0.29, 0.717) is 44.8 Å². The maximum Gasteiger partial charge on any atom is 0.164 e. The summed E-state index contributed by atoms with van der Waals surface area (Å²) in [5.74, 6) is 1.22. The number of benzene rings is 1. The van der Waals surface area contributed by atoms with Gasteiger partial charge in [-0.15, -0.1) is 0 Å². The van der Waals surface area contributed by atoms with E-state index in [1.165, 1.54) is 0 Å². The van der Waals surface area contributed by atoms with Crippen molar-refractivity contribution in [3.05, 3.63) is 68.3 Å². The summed E-state index contributed by atoms with van der Waals surface area (Å²) in [6, 6.07) is 9.33. The van der Waals surface area contributed by atoms with Crippen LogP contribution in [-0.4, -0.2) is 11.5 Å². The maximum atomic E-state index is 13.6. The minimum Gasteiger partial charge on any atom is -0.455 e. The monoisotopic (exact) mass is 501 g/mol. The molecule has 1 atom stereocenters. The lowest BCUT2D eigenvalue weighted by Gasteiger charge is -2.43. The minimum atomic E-state index is -0.581. The molecule has 8 heteroatoms. The van der Waals surface area contributed by atoms with Crippen LogP contribution in [0.1, 0.15) is 50.9 Å². The van der Waals surface area contributed by atoms with Crippen LogP contribution in [0.15, 0.2) is 56.4 Å². The standard InChI is InChI=1S/C25H25Cl2N3O2S/c1-5-33-24-15(8-13(2)32-24)21-16(12-28)23(29)30(18-7-6-14(26)9-17(18)27)19-10-25(3,4)11-20(31)22(19)21/h6-9,21H,5,10-11,29H2,1-4H3. The van der Waals surface area contributed by atoms with Gasteiger partial charge in [-0.25, -0.2) is 0 Å². The van der Waals surface area contributed by atoms with E-state index in [-0.39, 0.29) is 17.0 Å². The summed E-state index contributed by atoms with van der Waals surface area (Å²) < 4.78 is 5.94. The molecule has 0 amide bonds. The van der Waals surface area contributed by atoms with Gasteiger partial charge in [0.2, 0.25) is 0 Å². The van der Waals surface area contributed by atoms with Gasteiger partial charge >= 0.3 is 0 Å². The molecule has 0 spiro atoms. The zero-order valence-corrected chi connectivity index (χ0v) is 21.3. The van der Waals surface area contributed by atoms with Crippen molar-refractivity contribution in [2.75, 3.05) is 10.7 Å². The lowest BCUT2D eigenvalue weighted by Crippen LogP contribution is -2.42. The predicted molar refractivity (Wildman–Crippen MR) is 133 cm³/mol. The molecule has 4 rings (SSSR count). The van der Waals surface area contributed by atoms with Gasteiger partial charge in [0.25, 0.3) is 0 Å². The van der Waals surface area contributed by atoms with E-state index in [1.54, 1.807) is 34.9 Å². The molecule has 0 saturated heterocycles. The first-order valence-corrected chi connectivity index (χ1v) is 12.5. The molecule has 172 valence electrons. The van der Waals surface area contributed by atoms with E-state index in [0.717, 1.165) is 22.8 Å². The van der Waals surface area contributed by atoms with E-state index in [9.17, 15) is 10.1 Å². The van der Waals surface area contributed by atoms with Gasteiger partial charge in [0, 0.05) is 28.3 Å². The van der Waals surface area contributed by atoms with E-state index in [1.807, 2.05) is 19.9 Å². The molecule has 1 aromatic carbocycles. The van der Waals surface area contributed by atoms with Gasteiger partial charge in [0.1, 0.15) is 11.6 Å². The van der Waals surface area contributed by atoms with Crippen LogP contribution in [0.2, 0.25) is 10.0 Å². The van der Waals surface area contributed by atoms with Crippen molar-refractivity contribution in [2.45, 2.75) is 51.5 Å². The highest BCUT2D eigenvalue weighted by molar-refractivity contribution is 7.99. The Morgan fingerprint density at radius 1 is 1.30 bits per heavy atom. The highest BCUT2D eigenvalue weighted by Gasteiger charge is 2.46. The largest absolute Gasteiger partial charge is 0.455 e. The molecule has 0 saturated carbocycles. The Kier molecular flexibility index (Phi) is 6.34. The number of rotatable bonds is 4. The van der Waals surface area contributed by atoms with Gasteiger partial charge in [-0.1, -0.05) is 55.7 Å². The molecule has 1 aliphatic heterocycles. The number of nitrogens with two attached hydrogens (primary N) is 1. The number of halogens is 2. The van der Waals surface area contributed by atoms with Crippen LogP contribution in [0.3, 0.4) is 0 Å². The number of anilines is 1. The number of furan rings is 1. The normalized spacial score (nSPS) is 20.2. The zero-order chi connectivity index (χ0) is 24.1. The van der Waals surface area contributed by atoms with Gasteiger partial charge in [-0.05, 0) is 48.8 Å². The Labute approximate surface area is 208 Å². The van der Waals surface area contributed by atoms with Gasteiger partial charge in [-0.3, -0.25) is 9.69 Å². The third kappa shape index (κ3) is 4.19. The Morgan fingerprint density at radius 3 is 2.67 bits per heavy atom. The Morgan fingerprint density at radius 2 is 2.03 bits per heavy atom. The molecule has 2 aliphatic rings. The zero-order valence-electron chi connectivity index (χ0n) is 19.0. The molecule has 0 bridgehead atoms. The van der Waals surface area contributed by atoms with Crippen molar-refractivity contribution >= 4 is 46.4 Å². The fraction of sp³-hybridized carbons (Fsp3) is 0.360. The van der Waals surface area contributed by atoms with Gasteiger partial charge in [0.15, 0.2) is 10.9 Å². The van der Waals surface area contributed by atoms with E-state index < -0.39 is 5.92 Å². The maximum absolute atomic E-state index is 13.6. The van der Waals surface area contributed by atoms with Crippen LogP contribution >= 0.6 is 35.0 Å². The number of thioether (sulfide) groups is 1. The third-order valence-electron chi connectivity index (χ3n) is 5.97. The first-order valence-electron chi connectivity index (χ1n) is 10.7. The van der Waals surface area contributed by atoms with E-state index in [4.69, 9.17) is 33.4 Å².